The van der Waals surface area contributed by atoms with Gasteiger partial charge in [0.05, 0.1) is 11.1 Å². The Kier molecular flexibility index (Phi) is 5.28. The number of hydrogen-bond acceptors (Lipinski definition) is 5. The molecule has 1 amide bonds. The van der Waals surface area contributed by atoms with Gasteiger partial charge >= 0.3 is 5.97 Å². The molecule has 2 aromatic heterocycles. The van der Waals surface area contributed by atoms with E-state index in [1.54, 1.807) is 60.9 Å². The van der Waals surface area contributed by atoms with Gasteiger partial charge in [0, 0.05) is 34.1 Å². The standard InChI is InChI=1S/C22H14ClN3O4/c23-15-7-3-5-13(11-15)20(27)25-21-18(16-8-1-2-9-17(16)22(28)29)19(26-30-21)14-6-4-10-24-12-14/h1-12H,(H,25,27)(H,28,29). The molecule has 0 aliphatic heterocycles. The molecule has 0 unspecified atom stereocenters. The van der Waals surface area contributed by atoms with Crippen LogP contribution in [-0.4, -0.2) is 27.1 Å². The van der Waals surface area contributed by atoms with Crippen LogP contribution in [0.1, 0.15) is 20.7 Å². The minimum atomic E-state index is -1.11. The molecule has 2 heterocycles. The van der Waals surface area contributed by atoms with Crippen LogP contribution in [0.4, 0.5) is 5.88 Å². The highest BCUT2D eigenvalue weighted by atomic mass is 35.5. The van der Waals surface area contributed by atoms with Crippen molar-refractivity contribution in [1.82, 2.24) is 10.1 Å². The molecule has 4 aromatic rings. The third kappa shape index (κ3) is 3.78. The summed E-state index contributed by atoms with van der Waals surface area (Å²) >= 11 is 5.97. The van der Waals surface area contributed by atoms with Gasteiger partial charge in [-0.15, -0.1) is 0 Å². The van der Waals surface area contributed by atoms with Gasteiger partial charge in [-0.1, -0.05) is 41.0 Å². The summed E-state index contributed by atoms with van der Waals surface area (Å²) in [6, 6.07) is 16.3. The summed E-state index contributed by atoms with van der Waals surface area (Å²) in [4.78, 5) is 28.6. The monoisotopic (exact) mass is 419 g/mol. The zero-order valence-electron chi connectivity index (χ0n) is 15.4. The van der Waals surface area contributed by atoms with Crippen LogP contribution in [0.15, 0.2) is 77.6 Å². The number of carbonyl (C=O) groups is 2. The molecule has 0 atom stereocenters. The van der Waals surface area contributed by atoms with Gasteiger partial charge in [-0.25, -0.2) is 4.79 Å². The molecule has 7 nitrogen and oxygen atoms in total. The number of halogens is 1. The second kappa shape index (κ2) is 8.18. The number of carboxylic acid groups (broad SMARTS) is 1. The zero-order valence-corrected chi connectivity index (χ0v) is 16.1. The molecule has 4 rings (SSSR count). The molecule has 0 fully saturated rings. The molecule has 0 radical (unpaired) electrons. The topological polar surface area (TPSA) is 105 Å². The largest absolute Gasteiger partial charge is 0.478 e. The lowest BCUT2D eigenvalue weighted by Crippen LogP contribution is -2.12. The van der Waals surface area contributed by atoms with E-state index in [2.05, 4.69) is 15.5 Å². The highest BCUT2D eigenvalue weighted by molar-refractivity contribution is 6.31. The number of carboxylic acids is 1. The Hall–Kier alpha value is -3.97. The quantitative estimate of drug-likeness (QED) is 0.471. The second-order valence-electron chi connectivity index (χ2n) is 6.29. The third-order valence-electron chi connectivity index (χ3n) is 4.37. The summed E-state index contributed by atoms with van der Waals surface area (Å²) < 4.78 is 5.43. The number of pyridine rings is 1. The number of aromatic carboxylic acids is 1. The summed E-state index contributed by atoms with van der Waals surface area (Å²) in [5.41, 5.74) is 2.03. The molecular weight excluding hydrogens is 406 g/mol. The predicted octanol–water partition coefficient (Wildman–Crippen LogP) is 5.01. The van der Waals surface area contributed by atoms with Crippen LogP contribution in [0, 0.1) is 0 Å². The Balaban J connectivity index is 1.85. The van der Waals surface area contributed by atoms with Crippen LogP contribution in [-0.2, 0) is 0 Å². The van der Waals surface area contributed by atoms with Crippen LogP contribution in [0.3, 0.4) is 0 Å². The van der Waals surface area contributed by atoms with Gasteiger partial charge in [0.1, 0.15) is 5.69 Å². The van der Waals surface area contributed by atoms with Crippen molar-refractivity contribution in [3.05, 3.63) is 89.2 Å². The number of aromatic nitrogens is 2. The molecule has 30 heavy (non-hydrogen) atoms. The zero-order chi connectivity index (χ0) is 21.1. The number of carbonyl (C=O) groups excluding carboxylic acids is 1. The number of anilines is 1. The van der Waals surface area contributed by atoms with Crippen LogP contribution >= 0.6 is 11.6 Å². The van der Waals surface area contributed by atoms with Crippen LogP contribution in [0.5, 0.6) is 0 Å². The van der Waals surface area contributed by atoms with E-state index in [0.29, 0.717) is 33.0 Å². The van der Waals surface area contributed by atoms with E-state index >= 15 is 0 Å². The van der Waals surface area contributed by atoms with Gasteiger partial charge in [0.25, 0.3) is 5.91 Å². The Morgan fingerprint density at radius 2 is 1.87 bits per heavy atom. The first-order valence-corrected chi connectivity index (χ1v) is 9.22. The minimum Gasteiger partial charge on any atom is -0.478 e. The molecule has 0 bridgehead atoms. The van der Waals surface area contributed by atoms with E-state index < -0.39 is 11.9 Å². The second-order valence-corrected chi connectivity index (χ2v) is 6.73. The molecule has 2 N–H and O–H groups in total. The van der Waals surface area contributed by atoms with Crippen molar-refractivity contribution in [2.24, 2.45) is 0 Å². The van der Waals surface area contributed by atoms with E-state index in [0.717, 1.165) is 0 Å². The van der Waals surface area contributed by atoms with Crippen molar-refractivity contribution in [2.75, 3.05) is 5.32 Å². The Morgan fingerprint density at radius 1 is 1.03 bits per heavy atom. The highest BCUT2D eigenvalue weighted by Gasteiger charge is 2.25. The fraction of sp³-hybridized carbons (Fsp3) is 0. The summed E-state index contributed by atoms with van der Waals surface area (Å²) in [7, 11) is 0. The fourth-order valence-corrected chi connectivity index (χ4v) is 3.21. The van der Waals surface area contributed by atoms with E-state index in [-0.39, 0.29) is 11.4 Å². The van der Waals surface area contributed by atoms with Gasteiger partial charge in [0.15, 0.2) is 0 Å². The molecule has 0 spiro atoms. The Morgan fingerprint density at radius 3 is 2.60 bits per heavy atom. The average Bonchev–Trinajstić information content (AvgIpc) is 3.17. The lowest BCUT2D eigenvalue weighted by molar-refractivity contribution is 0.0697. The maximum atomic E-state index is 12.7. The van der Waals surface area contributed by atoms with Gasteiger partial charge < -0.3 is 9.63 Å². The van der Waals surface area contributed by atoms with Crippen LogP contribution in [0.2, 0.25) is 5.02 Å². The first-order chi connectivity index (χ1) is 14.5. The first-order valence-electron chi connectivity index (χ1n) is 8.84. The van der Waals surface area contributed by atoms with Crippen molar-refractivity contribution >= 4 is 29.4 Å². The maximum absolute atomic E-state index is 12.7. The van der Waals surface area contributed by atoms with Gasteiger partial charge in [-0.2, -0.15) is 0 Å². The molecule has 8 heteroatoms. The van der Waals surface area contributed by atoms with Crippen LogP contribution in [0.25, 0.3) is 22.4 Å². The molecule has 0 aliphatic rings. The van der Waals surface area contributed by atoms with Crippen molar-refractivity contribution in [2.45, 2.75) is 0 Å². The predicted molar refractivity (Wildman–Crippen MR) is 112 cm³/mol. The molecule has 0 aliphatic carbocycles. The molecular formula is C22H14ClN3O4. The lowest BCUT2D eigenvalue weighted by atomic mass is 9.97. The normalized spacial score (nSPS) is 10.6. The highest BCUT2D eigenvalue weighted by Crippen LogP contribution is 2.39. The fourth-order valence-electron chi connectivity index (χ4n) is 3.02. The Bertz CT molecular complexity index is 1240. The van der Waals surface area contributed by atoms with E-state index in [1.165, 1.54) is 12.1 Å². The average molecular weight is 420 g/mol. The first kappa shape index (κ1) is 19.4. The van der Waals surface area contributed by atoms with Crippen molar-refractivity contribution in [1.29, 1.82) is 0 Å². The van der Waals surface area contributed by atoms with Crippen LogP contribution < -0.4 is 5.32 Å². The van der Waals surface area contributed by atoms with Gasteiger partial charge in [-0.05, 0) is 36.4 Å². The van der Waals surface area contributed by atoms with Gasteiger partial charge in [0.2, 0.25) is 5.88 Å². The minimum absolute atomic E-state index is 0.0209. The summed E-state index contributed by atoms with van der Waals surface area (Å²) in [6.45, 7) is 0. The van der Waals surface area contributed by atoms with Crippen molar-refractivity contribution in [3.63, 3.8) is 0 Å². The summed E-state index contributed by atoms with van der Waals surface area (Å²) in [6.07, 6.45) is 3.18. The maximum Gasteiger partial charge on any atom is 0.336 e. The Labute approximate surface area is 175 Å². The number of benzene rings is 2. The molecule has 148 valence electrons. The number of amides is 1. The number of rotatable bonds is 5. The molecule has 0 saturated carbocycles. The third-order valence-corrected chi connectivity index (χ3v) is 4.60. The number of hydrogen-bond donors (Lipinski definition) is 2. The van der Waals surface area contributed by atoms with E-state index in [4.69, 9.17) is 16.1 Å². The van der Waals surface area contributed by atoms with E-state index in [1.807, 2.05) is 0 Å². The van der Waals surface area contributed by atoms with Crippen molar-refractivity contribution < 1.29 is 19.2 Å². The lowest BCUT2D eigenvalue weighted by Gasteiger charge is -2.09. The smallest absolute Gasteiger partial charge is 0.336 e. The van der Waals surface area contributed by atoms with Crippen molar-refractivity contribution in [3.8, 4) is 22.4 Å². The number of nitrogens with one attached hydrogen (secondary N) is 1. The SMILES string of the molecule is O=C(Nc1onc(-c2cccnc2)c1-c1ccccc1C(=O)O)c1cccc(Cl)c1. The molecule has 2 aromatic carbocycles. The summed E-state index contributed by atoms with van der Waals surface area (Å²) in [5, 5.41) is 16.8. The van der Waals surface area contributed by atoms with Gasteiger partial charge in [-0.3, -0.25) is 15.1 Å². The van der Waals surface area contributed by atoms with E-state index in [9.17, 15) is 14.7 Å². The summed E-state index contributed by atoms with van der Waals surface area (Å²) in [5.74, 6) is -1.57. The molecule has 0 saturated heterocycles. The number of nitrogens with zero attached hydrogens (tertiary/aromatic N) is 2.